The van der Waals surface area contributed by atoms with Gasteiger partial charge in [-0.3, -0.25) is 9.59 Å². The highest BCUT2D eigenvalue weighted by molar-refractivity contribution is 6.46. The standard InChI is InChI=1S/C26H31NO4/c1-7-13-27-22(17-10-8-9-16(2)14-17)21(24(29)25(27)30)23(28)19-15-18(26(3,4)5)11-12-20(19)31-6/h8-12,14-15,22,28H,7,13H2,1-6H3/b23-21+. The number of carbonyl (C=O) groups is 2. The van der Waals surface area contributed by atoms with Crippen molar-refractivity contribution in [2.75, 3.05) is 13.7 Å². The fraction of sp³-hybridized carbons (Fsp3) is 0.385. The lowest BCUT2D eigenvalue weighted by molar-refractivity contribution is -0.139. The lowest BCUT2D eigenvalue weighted by atomic mass is 9.85. The highest BCUT2D eigenvalue weighted by atomic mass is 16.5. The number of hydrogen-bond donors (Lipinski definition) is 1. The summed E-state index contributed by atoms with van der Waals surface area (Å²) in [6.45, 7) is 10.6. The summed E-state index contributed by atoms with van der Waals surface area (Å²) < 4.78 is 5.49. The molecule has 1 N–H and O–H groups in total. The van der Waals surface area contributed by atoms with E-state index >= 15 is 0 Å². The Bertz CT molecular complexity index is 1050. The number of nitrogens with zero attached hydrogens (tertiary/aromatic N) is 1. The van der Waals surface area contributed by atoms with Crippen LogP contribution in [0.1, 0.15) is 62.4 Å². The van der Waals surface area contributed by atoms with Gasteiger partial charge in [-0.05, 0) is 42.0 Å². The number of rotatable bonds is 5. The van der Waals surface area contributed by atoms with E-state index in [1.54, 1.807) is 11.0 Å². The fourth-order valence-electron chi connectivity index (χ4n) is 4.04. The van der Waals surface area contributed by atoms with Crippen molar-refractivity contribution in [1.82, 2.24) is 4.90 Å². The number of carbonyl (C=O) groups excluding carboxylic acids is 2. The Balaban J connectivity index is 2.28. The lowest BCUT2D eigenvalue weighted by Gasteiger charge is -2.25. The van der Waals surface area contributed by atoms with Gasteiger partial charge in [0.05, 0.1) is 24.3 Å². The quantitative estimate of drug-likeness (QED) is 0.413. The zero-order valence-electron chi connectivity index (χ0n) is 19.2. The molecule has 0 bridgehead atoms. The summed E-state index contributed by atoms with van der Waals surface area (Å²) in [4.78, 5) is 27.6. The summed E-state index contributed by atoms with van der Waals surface area (Å²) in [6, 6.07) is 12.7. The molecule has 3 rings (SSSR count). The molecule has 0 aliphatic carbocycles. The van der Waals surface area contributed by atoms with E-state index in [-0.39, 0.29) is 16.7 Å². The van der Waals surface area contributed by atoms with E-state index in [0.717, 1.165) is 16.7 Å². The van der Waals surface area contributed by atoms with Crippen LogP contribution < -0.4 is 4.74 Å². The van der Waals surface area contributed by atoms with E-state index in [1.165, 1.54) is 7.11 Å². The smallest absolute Gasteiger partial charge is 0.295 e. The van der Waals surface area contributed by atoms with Gasteiger partial charge in [0.15, 0.2) is 0 Å². The number of hydrogen-bond acceptors (Lipinski definition) is 4. The predicted octanol–water partition coefficient (Wildman–Crippen LogP) is 5.13. The summed E-state index contributed by atoms with van der Waals surface area (Å²) in [5.41, 5.74) is 3.18. The third-order valence-electron chi connectivity index (χ3n) is 5.68. The van der Waals surface area contributed by atoms with E-state index in [2.05, 4.69) is 20.8 Å². The monoisotopic (exact) mass is 421 g/mol. The topological polar surface area (TPSA) is 66.8 Å². The van der Waals surface area contributed by atoms with E-state index in [4.69, 9.17) is 4.74 Å². The maximum Gasteiger partial charge on any atom is 0.295 e. The Morgan fingerprint density at radius 2 is 1.84 bits per heavy atom. The van der Waals surface area contributed by atoms with Gasteiger partial charge in [-0.15, -0.1) is 0 Å². The van der Waals surface area contributed by atoms with Crippen LogP contribution in [-0.2, 0) is 15.0 Å². The second-order valence-corrected chi connectivity index (χ2v) is 9.07. The zero-order chi connectivity index (χ0) is 22.9. The van der Waals surface area contributed by atoms with Crippen LogP contribution in [0.5, 0.6) is 5.75 Å². The minimum atomic E-state index is -0.666. The maximum absolute atomic E-state index is 13.1. The van der Waals surface area contributed by atoms with Crippen LogP contribution >= 0.6 is 0 Å². The highest BCUT2D eigenvalue weighted by Crippen LogP contribution is 2.42. The van der Waals surface area contributed by atoms with Crippen LogP contribution in [0.4, 0.5) is 0 Å². The average Bonchev–Trinajstić information content (AvgIpc) is 2.97. The van der Waals surface area contributed by atoms with Crippen molar-refractivity contribution in [3.8, 4) is 5.75 Å². The molecule has 1 amide bonds. The molecule has 1 saturated heterocycles. The van der Waals surface area contributed by atoms with Gasteiger partial charge in [0, 0.05) is 6.54 Å². The summed E-state index contributed by atoms with van der Waals surface area (Å²) in [7, 11) is 1.52. The third-order valence-corrected chi connectivity index (χ3v) is 5.68. The van der Waals surface area contributed by atoms with Crippen LogP contribution in [0.2, 0.25) is 0 Å². The van der Waals surface area contributed by atoms with Crippen LogP contribution in [-0.4, -0.2) is 35.4 Å². The molecule has 0 spiro atoms. The number of aryl methyl sites for hydroxylation is 1. The Morgan fingerprint density at radius 3 is 2.42 bits per heavy atom. The molecule has 2 aromatic carbocycles. The van der Waals surface area contributed by atoms with Crippen molar-refractivity contribution in [1.29, 1.82) is 0 Å². The van der Waals surface area contributed by atoms with Crippen molar-refractivity contribution in [2.24, 2.45) is 0 Å². The lowest BCUT2D eigenvalue weighted by Crippen LogP contribution is -2.30. The van der Waals surface area contributed by atoms with Gasteiger partial charge in [-0.2, -0.15) is 0 Å². The minimum absolute atomic E-state index is 0.105. The van der Waals surface area contributed by atoms with E-state index in [0.29, 0.717) is 24.3 Å². The van der Waals surface area contributed by atoms with E-state index in [9.17, 15) is 14.7 Å². The molecule has 31 heavy (non-hydrogen) atoms. The molecule has 1 unspecified atom stereocenters. The molecule has 0 saturated carbocycles. The number of ether oxygens (including phenoxy) is 1. The molecule has 5 heteroatoms. The van der Waals surface area contributed by atoms with Crippen LogP contribution in [0.15, 0.2) is 48.0 Å². The molecule has 5 nitrogen and oxygen atoms in total. The molecule has 1 aliphatic heterocycles. The summed E-state index contributed by atoms with van der Waals surface area (Å²) >= 11 is 0. The first-order chi connectivity index (χ1) is 14.6. The average molecular weight is 422 g/mol. The maximum atomic E-state index is 13.1. The molecule has 0 aromatic heterocycles. The molecule has 2 aromatic rings. The number of ketones is 1. The van der Waals surface area contributed by atoms with Gasteiger partial charge in [-0.25, -0.2) is 0 Å². The number of Topliss-reactive ketones (excluding diaryl/α,β-unsaturated/α-hetero) is 1. The van der Waals surface area contributed by atoms with Crippen molar-refractivity contribution in [2.45, 2.75) is 52.5 Å². The molecule has 1 fully saturated rings. The second-order valence-electron chi connectivity index (χ2n) is 9.07. The van der Waals surface area contributed by atoms with Crippen molar-refractivity contribution >= 4 is 17.4 Å². The van der Waals surface area contributed by atoms with E-state index < -0.39 is 17.7 Å². The van der Waals surface area contributed by atoms with Gasteiger partial charge >= 0.3 is 0 Å². The van der Waals surface area contributed by atoms with Gasteiger partial charge in [0.25, 0.3) is 11.7 Å². The van der Waals surface area contributed by atoms with E-state index in [1.807, 2.05) is 50.2 Å². The minimum Gasteiger partial charge on any atom is -0.507 e. The SMILES string of the molecule is CCCN1C(=O)C(=O)/C(=C(/O)c2cc(C(C)(C)C)ccc2OC)C1c1cccc(C)c1. The Hall–Kier alpha value is -3.08. The summed E-state index contributed by atoms with van der Waals surface area (Å²) in [6.07, 6.45) is 0.707. The van der Waals surface area contributed by atoms with Crippen molar-refractivity contribution in [3.05, 3.63) is 70.3 Å². The highest BCUT2D eigenvalue weighted by Gasteiger charge is 2.46. The van der Waals surface area contributed by atoms with Crippen molar-refractivity contribution < 1.29 is 19.4 Å². The molecule has 1 atom stereocenters. The molecular formula is C26H31NO4. The van der Waals surface area contributed by atoms with Crippen molar-refractivity contribution in [3.63, 3.8) is 0 Å². The largest absolute Gasteiger partial charge is 0.507 e. The number of likely N-dealkylation sites (tertiary alicyclic amines) is 1. The second kappa shape index (κ2) is 8.58. The van der Waals surface area contributed by atoms with Gasteiger partial charge in [0.1, 0.15) is 11.5 Å². The number of methoxy groups -OCH3 is 1. The predicted molar refractivity (Wildman–Crippen MR) is 122 cm³/mol. The summed E-state index contributed by atoms with van der Waals surface area (Å²) in [5.74, 6) is -0.997. The normalized spacial score (nSPS) is 18.5. The van der Waals surface area contributed by atoms with Crippen LogP contribution in [0.25, 0.3) is 5.76 Å². The third kappa shape index (κ3) is 4.22. The molecule has 1 heterocycles. The van der Waals surface area contributed by atoms with Crippen LogP contribution in [0.3, 0.4) is 0 Å². The first kappa shape index (κ1) is 22.6. The Labute approximate surface area is 184 Å². The molecule has 0 radical (unpaired) electrons. The number of aliphatic hydroxyl groups is 1. The van der Waals surface area contributed by atoms with Gasteiger partial charge in [0.2, 0.25) is 0 Å². The number of aliphatic hydroxyl groups excluding tert-OH is 1. The fourth-order valence-corrected chi connectivity index (χ4v) is 4.04. The van der Waals surface area contributed by atoms with Gasteiger partial charge in [-0.1, -0.05) is 63.6 Å². The molecule has 164 valence electrons. The first-order valence-electron chi connectivity index (χ1n) is 10.6. The zero-order valence-corrected chi connectivity index (χ0v) is 19.2. The summed E-state index contributed by atoms with van der Waals surface area (Å²) in [5, 5.41) is 11.4. The number of amides is 1. The first-order valence-corrected chi connectivity index (χ1v) is 10.6. The van der Waals surface area contributed by atoms with Crippen LogP contribution in [0, 0.1) is 6.92 Å². The Morgan fingerprint density at radius 1 is 1.13 bits per heavy atom. The molecule has 1 aliphatic rings. The Kier molecular flexibility index (Phi) is 6.25. The van der Waals surface area contributed by atoms with Gasteiger partial charge < -0.3 is 14.7 Å². The molecular weight excluding hydrogens is 390 g/mol. The number of benzene rings is 2.